The van der Waals surface area contributed by atoms with Gasteiger partial charge in [-0.25, -0.2) is 9.78 Å². The van der Waals surface area contributed by atoms with Crippen molar-refractivity contribution >= 4 is 11.9 Å². The zero-order valence-electron chi connectivity index (χ0n) is 10.0. The molecule has 0 aliphatic heterocycles. The van der Waals surface area contributed by atoms with Crippen LogP contribution in [0.15, 0.2) is 42.7 Å². The van der Waals surface area contributed by atoms with Crippen LogP contribution in [0.4, 0.5) is 0 Å². The maximum atomic E-state index is 11.6. The van der Waals surface area contributed by atoms with Crippen LogP contribution in [0, 0.1) is 0 Å². The lowest BCUT2D eigenvalue weighted by atomic mass is 10.2. The van der Waals surface area contributed by atoms with Crippen molar-refractivity contribution in [3.63, 3.8) is 0 Å². The van der Waals surface area contributed by atoms with E-state index >= 15 is 0 Å². The molecule has 0 saturated heterocycles. The first-order valence-corrected chi connectivity index (χ1v) is 5.61. The van der Waals surface area contributed by atoms with Crippen molar-refractivity contribution in [2.24, 2.45) is 0 Å². The van der Waals surface area contributed by atoms with Crippen molar-refractivity contribution in [2.45, 2.75) is 13.2 Å². The maximum absolute atomic E-state index is 11.6. The summed E-state index contributed by atoms with van der Waals surface area (Å²) in [6.45, 7) is -0.00869. The lowest BCUT2D eigenvalue weighted by molar-refractivity contribution is -0.145. The Morgan fingerprint density at radius 3 is 2.68 bits per heavy atom. The van der Waals surface area contributed by atoms with E-state index in [1.807, 2.05) is 30.3 Å². The van der Waals surface area contributed by atoms with Crippen LogP contribution in [0.3, 0.4) is 0 Å². The molecular weight excluding hydrogens is 248 g/mol. The SMILES string of the molecule is O=C(Cn1ccnc1C(=O)O)OCc1ccccc1. The first-order valence-electron chi connectivity index (χ1n) is 5.61. The molecule has 1 N–H and O–H groups in total. The molecular formula is C13H12N2O4. The Bertz CT molecular complexity index is 577. The highest BCUT2D eigenvalue weighted by molar-refractivity contribution is 5.84. The van der Waals surface area contributed by atoms with Crippen LogP contribution in [0.1, 0.15) is 16.2 Å². The number of aromatic nitrogens is 2. The van der Waals surface area contributed by atoms with Crippen LogP contribution in [-0.4, -0.2) is 26.6 Å². The minimum atomic E-state index is -1.18. The molecule has 19 heavy (non-hydrogen) atoms. The molecule has 0 atom stereocenters. The number of rotatable bonds is 5. The third-order valence-corrected chi connectivity index (χ3v) is 2.45. The molecule has 2 rings (SSSR count). The number of carbonyl (C=O) groups excluding carboxylic acids is 1. The van der Waals surface area contributed by atoms with Crippen LogP contribution >= 0.6 is 0 Å². The molecule has 0 aliphatic carbocycles. The van der Waals surface area contributed by atoms with E-state index in [1.165, 1.54) is 17.0 Å². The molecule has 0 bridgehead atoms. The van der Waals surface area contributed by atoms with E-state index in [2.05, 4.69) is 4.98 Å². The third-order valence-electron chi connectivity index (χ3n) is 2.45. The molecule has 0 unspecified atom stereocenters. The summed E-state index contributed by atoms with van der Waals surface area (Å²) in [6, 6.07) is 9.25. The predicted molar refractivity (Wildman–Crippen MR) is 65.4 cm³/mol. The van der Waals surface area contributed by atoms with Gasteiger partial charge < -0.3 is 14.4 Å². The fourth-order valence-corrected chi connectivity index (χ4v) is 1.56. The van der Waals surface area contributed by atoms with Gasteiger partial charge in [0.15, 0.2) is 0 Å². The molecule has 1 aromatic carbocycles. The number of carbonyl (C=O) groups is 2. The summed E-state index contributed by atoms with van der Waals surface area (Å²) in [4.78, 5) is 26.0. The average molecular weight is 260 g/mol. The van der Waals surface area contributed by atoms with Crippen LogP contribution in [0.5, 0.6) is 0 Å². The summed E-state index contributed by atoms with van der Waals surface area (Å²) in [5.74, 6) is -1.87. The van der Waals surface area contributed by atoms with Crippen molar-refractivity contribution in [1.29, 1.82) is 0 Å². The Kier molecular flexibility index (Phi) is 3.92. The number of carboxylic acids is 1. The Hall–Kier alpha value is -2.63. The van der Waals surface area contributed by atoms with Gasteiger partial charge in [-0.05, 0) is 5.56 Å². The van der Waals surface area contributed by atoms with Gasteiger partial charge in [-0.15, -0.1) is 0 Å². The molecule has 98 valence electrons. The van der Waals surface area contributed by atoms with Crippen molar-refractivity contribution in [1.82, 2.24) is 9.55 Å². The predicted octanol–water partition coefficient (Wildman–Crippen LogP) is 1.32. The molecule has 0 fully saturated rings. The van der Waals surface area contributed by atoms with E-state index in [4.69, 9.17) is 9.84 Å². The minimum Gasteiger partial charge on any atom is -0.475 e. The van der Waals surface area contributed by atoms with Crippen molar-refractivity contribution in [3.8, 4) is 0 Å². The van der Waals surface area contributed by atoms with Gasteiger partial charge in [-0.3, -0.25) is 4.79 Å². The highest BCUT2D eigenvalue weighted by atomic mass is 16.5. The molecule has 0 amide bonds. The summed E-state index contributed by atoms with van der Waals surface area (Å²) in [6.07, 6.45) is 2.75. The number of esters is 1. The third kappa shape index (κ3) is 3.41. The fraction of sp³-hybridized carbons (Fsp3) is 0.154. The summed E-state index contributed by atoms with van der Waals surface area (Å²) >= 11 is 0. The van der Waals surface area contributed by atoms with Crippen molar-refractivity contribution < 1.29 is 19.4 Å². The molecule has 0 saturated carbocycles. The van der Waals surface area contributed by atoms with E-state index < -0.39 is 11.9 Å². The number of imidazole rings is 1. The smallest absolute Gasteiger partial charge is 0.372 e. The first kappa shape index (κ1) is 12.8. The fourth-order valence-electron chi connectivity index (χ4n) is 1.56. The lowest BCUT2D eigenvalue weighted by Gasteiger charge is -2.06. The largest absolute Gasteiger partial charge is 0.475 e. The van der Waals surface area contributed by atoms with Crippen LogP contribution in [0.25, 0.3) is 0 Å². The Labute approximate surface area is 109 Å². The second kappa shape index (κ2) is 5.81. The topological polar surface area (TPSA) is 81.4 Å². The van der Waals surface area contributed by atoms with E-state index in [0.717, 1.165) is 5.56 Å². The van der Waals surface area contributed by atoms with Gasteiger partial charge >= 0.3 is 11.9 Å². The van der Waals surface area contributed by atoms with Gasteiger partial charge in [0.1, 0.15) is 13.2 Å². The highest BCUT2D eigenvalue weighted by Gasteiger charge is 2.13. The number of hydrogen-bond acceptors (Lipinski definition) is 4. The van der Waals surface area contributed by atoms with Gasteiger partial charge in [-0.2, -0.15) is 0 Å². The molecule has 2 aromatic rings. The normalized spacial score (nSPS) is 10.1. The number of nitrogens with zero attached hydrogens (tertiary/aromatic N) is 2. The molecule has 6 nitrogen and oxygen atoms in total. The van der Waals surface area contributed by atoms with Gasteiger partial charge in [0.2, 0.25) is 5.82 Å². The molecule has 1 heterocycles. The first-order chi connectivity index (χ1) is 9.16. The van der Waals surface area contributed by atoms with E-state index in [-0.39, 0.29) is 19.0 Å². The van der Waals surface area contributed by atoms with E-state index in [1.54, 1.807) is 0 Å². The Morgan fingerprint density at radius 1 is 1.26 bits per heavy atom. The number of hydrogen-bond donors (Lipinski definition) is 1. The number of aromatic carboxylic acids is 1. The number of ether oxygens (including phenoxy) is 1. The van der Waals surface area contributed by atoms with E-state index in [9.17, 15) is 9.59 Å². The summed E-state index contributed by atoms with van der Waals surface area (Å²) in [5.41, 5.74) is 0.875. The van der Waals surface area contributed by atoms with Gasteiger partial charge in [0, 0.05) is 12.4 Å². The molecule has 0 aliphatic rings. The van der Waals surface area contributed by atoms with Crippen molar-refractivity contribution in [2.75, 3.05) is 0 Å². The summed E-state index contributed by atoms with van der Waals surface area (Å²) in [5, 5.41) is 8.84. The Morgan fingerprint density at radius 2 is 2.00 bits per heavy atom. The monoisotopic (exact) mass is 260 g/mol. The second-order valence-corrected chi connectivity index (χ2v) is 3.83. The number of carboxylic acid groups (broad SMARTS) is 1. The summed E-state index contributed by atoms with van der Waals surface area (Å²) < 4.78 is 6.29. The highest BCUT2D eigenvalue weighted by Crippen LogP contribution is 2.03. The standard InChI is InChI=1S/C13H12N2O4/c16-11(19-9-10-4-2-1-3-5-10)8-15-7-6-14-12(15)13(17)18/h1-7H,8-9H2,(H,17,18). The maximum Gasteiger partial charge on any atom is 0.372 e. The lowest BCUT2D eigenvalue weighted by Crippen LogP contribution is -2.17. The van der Waals surface area contributed by atoms with E-state index in [0.29, 0.717) is 0 Å². The summed E-state index contributed by atoms with van der Waals surface area (Å²) in [7, 11) is 0. The molecule has 0 spiro atoms. The molecule has 1 aromatic heterocycles. The quantitative estimate of drug-likeness (QED) is 0.820. The van der Waals surface area contributed by atoms with Gasteiger partial charge in [0.25, 0.3) is 0 Å². The van der Waals surface area contributed by atoms with Gasteiger partial charge in [-0.1, -0.05) is 30.3 Å². The minimum absolute atomic E-state index is 0.163. The zero-order valence-corrected chi connectivity index (χ0v) is 10.0. The van der Waals surface area contributed by atoms with Gasteiger partial charge in [0.05, 0.1) is 0 Å². The average Bonchev–Trinajstić information content (AvgIpc) is 2.86. The van der Waals surface area contributed by atoms with Crippen LogP contribution < -0.4 is 0 Å². The Balaban J connectivity index is 1.91. The second-order valence-electron chi connectivity index (χ2n) is 3.83. The molecule has 0 radical (unpaired) electrons. The van der Waals surface area contributed by atoms with Crippen LogP contribution in [0.2, 0.25) is 0 Å². The van der Waals surface area contributed by atoms with Crippen LogP contribution in [-0.2, 0) is 22.7 Å². The van der Waals surface area contributed by atoms with Crippen molar-refractivity contribution in [3.05, 3.63) is 54.1 Å². The molecule has 6 heteroatoms. The zero-order chi connectivity index (χ0) is 13.7. The number of benzene rings is 1.